The Morgan fingerprint density at radius 1 is 1.18 bits per heavy atom. The molecular formula is C30H41BClN3O5. The van der Waals surface area contributed by atoms with Crippen molar-refractivity contribution in [3.05, 3.63) is 50.8 Å². The molecule has 8 nitrogen and oxygen atoms in total. The molecule has 3 aliphatic heterocycles. The van der Waals surface area contributed by atoms with Gasteiger partial charge in [-0.3, -0.25) is 4.79 Å². The molecule has 0 radical (unpaired) electrons. The highest BCUT2D eigenvalue weighted by Crippen LogP contribution is 2.39. The van der Waals surface area contributed by atoms with Crippen molar-refractivity contribution in [3.63, 3.8) is 0 Å². The van der Waals surface area contributed by atoms with E-state index >= 15 is 0 Å². The van der Waals surface area contributed by atoms with Gasteiger partial charge in [0.15, 0.2) is 5.94 Å². The maximum absolute atomic E-state index is 13.9. The number of amides is 1. The Bertz CT molecular complexity index is 1280. The zero-order valence-corrected chi connectivity index (χ0v) is 25.7. The van der Waals surface area contributed by atoms with Gasteiger partial charge in [0.25, 0.3) is 5.91 Å². The first-order chi connectivity index (χ1) is 18.8. The number of dihydropyridines is 1. The average Bonchev–Trinajstić information content (AvgIpc) is 3.11. The van der Waals surface area contributed by atoms with Crippen LogP contribution in [0.1, 0.15) is 77.2 Å². The Labute approximate surface area is 243 Å². The minimum atomic E-state index is -0.734. The van der Waals surface area contributed by atoms with Gasteiger partial charge in [0, 0.05) is 54.8 Å². The average molecular weight is 570 g/mol. The van der Waals surface area contributed by atoms with Gasteiger partial charge in [-0.25, -0.2) is 4.79 Å². The highest BCUT2D eigenvalue weighted by atomic mass is 35.5. The lowest BCUT2D eigenvalue weighted by Crippen LogP contribution is -2.43. The second kappa shape index (κ2) is 11.7. The van der Waals surface area contributed by atoms with Crippen molar-refractivity contribution in [1.29, 1.82) is 0 Å². The summed E-state index contributed by atoms with van der Waals surface area (Å²) >= 11 is 7.05. The zero-order chi connectivity index (χ0) is 29.4. The fourth-order valence-corrected chi connectivity index (χ4v) is 5.95. The fourth-order valence-electron chi connectivity index (χ4n) is 5.58. The van der Waals surface area contributed by atoms with E-state index in [9.17, 15) is 9.59 Å². The molecule has 1 aromatic carbocycles. The van der Waals surface area contributed by atoms with Gasteiger partial charge in [0.2, 0.25) is 0 Å². The highest BCUT2D eigenvalue weighted by molar-refractivity contribution is 6.66. The minimum absolute atomic E-state index is 0.148. The number of benzene rings is 1. The predicted octanol–water partition coefficient (Wildman–Crippen LogP) is 4.22. The van der Waals surface area contributed by atoms with Gasteiger partial charge < -0.3 is 29.6 Å². The molecule has 216 valence electrons. The standard InChI is InChI=1S/C30H41BClN3O5/c1-9-35(21-10-12-38-13-11-21)25-15-23(31-39-29(5,6)30(7,8)40-31)27(32)26(20(25)4)28(37)33-16-22-18(2)14-19(3)34-24(22)17-36/h14-15,21,34H,9-13,16H2,1-8H3,(H,33,37). The van der Waals surface area contributed by atoms with Crippen LogP contribution in [0.15, 0.2) is 34.7 Å². The van der Waals surface area contributed by atoms with Crippen LogP contribution in [0.5, 0.6) is 0 Å². The van der Waals surface area contributed by atoms with Crippen LogP contribution in [0, 0.1) is 6.92 Å². The molecule has 10 heteroatoms. The van der Waals surface area contributed by atoms with Crippen molar-refractivity contribution in [3.8, 4) is 0 Å². The summed E-state index contributed by atoms with van der Waals surface area (Å²) in [7, 11) is -0.734. The second-order valence-corrected chi connectivity index (χ2v) is 12.2. The predicted molar refractivity (Wildman–Crippen MR) is 160 cm³/mol. The van der Waals surface area contributed by atoms with Crippen molar-refractivity contribution in [2.24, 2.45) is 0 Å². The Kier molecular flexibility index (Phi) is 8.93. The molecule has 0 atom stereocenters. The third-order valence-corrected chi connectivity index (χ3v) is 9.01. The van der Waals surface area contributed by atoms with Gasteiger partial charge in [0.05, 0.1) is 21.8 Å². The summed E-state index contributed by atoms with van der Waals surface area (Å²) in [5.41, 5.74) is 4.31. The molecule has 0 unspecified atom stereocenters. The number of anilines is 1. The van der Waals surface area contributed by atoms with Gasteiger partial charge in [-0.2, -0.15) is 0 Å². The molecule has 2 saturated heterocycles. The van der Waals surface area contributed by atoms with Crippen LogP contribution in [0.2, 0.25) is 5.02 Å². The first kappa shape index (κ1) is 30.4. The van der Waals surface area contributed by atoms with E-state index in [4.69, 9.17) is 25.6 Å². The monoisotopic (exact) mass is 569 g/mol. The molecule has 2 fully saturated rings. The number of carbonyl (C=O) groups excluding carboxylic acids is 2. The van der Waals surface area contributed by atoms with E-state index in [-0.39, 0.29) is 18.5 Å². The molecule has 0 aromatic heterocycles. The van der Waals surface area contributed by atoms with E-state index in [1.165, 1.54) is 0 Å². The molecule has 1 aromatic rings. The normalized spacial score (nSPS) is 20.7. The van der Waals surface area contributed by atoms with Crippen molar-refractivity contribution >= 4 is 41.7 Å². The number of nitrogens with zero attached hydrogens (tertiary/aromatic N) is 1. The summed E-state index contributed by atoms with van der Waals surface area (Å²) in [4.78, 5) is 27.8. The first-order valence-corrected chi connectivity index (χ1v) is 14.4. The SMILES string of the molecule is CCN(c1cc(B2OC(C)(C)C(C)(C)O2)c(Cl)c(C(=O)NCC2=C(C)C=C(C)NC2=C=O)c1C)C1CCOCC1. The number of carbonyl (C=O) groups is 1. The third kappa shape index (κ3) is 5.76. The van der Waals surface area contributed by atoms with Crippen LogP contribution in [-0.4, -0.2) is 62.5 Å². The number of hydrogen-bond donors (Lipinski definition) is 2. The van der Waals surface area contributed by atoms with Crippen LogP contribution in [0.25, 0.3) is 0 Å². The Balaban J connectivity index is 1.77. The Hall–Kier alpha value is -2.55. The maximum Gasteiger partial charge on any atom is 0.496 e. The molecule has 3 heterocycles. The van der Waals surface area contributed by atoms with Crippen molar-refractivity contribution in [1.82, 2.24) is 10.6 Å². The topological polar surface area (TPSA) is 89.1 Å². The molecular weight excluding hydrogens is 529 g/mol. The van der Waals surface area contributed by atoms with Crippen LogP contribution >= 0.6 is 11.6 Å². The molecule has 40 heavy (non-hydrogen) atoms. The molecule has 2 N–H and O–H groups in total. The van der Waals surface area contributed by atoms with Crippen molar-refractivity contribution in [2.75, 3.05) is 31.2 Å². The van der Waals surface area contributed by atoms with Gasteiger partial charge in [-0.05, 0) is 91.5 Å². The number of nitrogens with one attached hydrogen (secondary N) is 2. The van der Waals surface area contributed by atoms with Gasteiger partial charge in [0.1, 0.15) is 5.70 Å². The summed E-state index contributed by atoms with van der Waals surface area (Å²) in [5, 5.41) is 6.34. The molecule has 0 bridgehead atoms. The minimum Gasteiger partial charge on any atom is -0.399 e. The Morgan fingerprint density at radius 3 is 2.38 bits per heavy atom. The lowest BCUT2D eigenvalue weighted by molar-refractivity contribution is 0.00578. The van der Waals surface area contributed by atoms with E-state index in [1.54, 1.807) is 0 Å². The highest BCUT2D eigenvalue weighted by Gasteiger charge is 2.52. The van der Waals surface area contributed by atoms with E-state index in [2.05, 4.69) is 22.5 Å². The van der Waals surface area contributed by atoms with Gasteiger partial charge in [-0.1, -0.05) is 11.6 Å². The smallest absolute Gasteiger partial charge is 0.399 e. The summed E-state index contributed by atoms with van der Waals surface area (Å²) < 4.78 is 18.4. The lowest BCUT2D eigenvalue weighted by atomic mass is 9.76. The van der Waals surface area contributed by atoms with Crippen LogP contribution in [0.4, 0.5) is 5.69 Å². The zero-order valence-electron chi connectivity index (χ0n) is 24.9. The lowest BCUT2D eigenvalue weighted by Gasteiger charge is -2.37. The summed E-state index contributed by atoms with van der Waals surface area (Å²) in [6, 6.07) is 2.30. The largest absolute Gasteiger partial charge is 0.496 e. The maximum atomic E-state index is 13.9. The number of rotatable bonds is 7. The summed E-state index contributed by atoms with van der Waals surface area (Å²) in [5.74, 6) is 1.63. The summed E-state index contributed by atoms with van der Waals surface area (Å²) in [6.45, 7) is 18.1. The number of hydrogen-bond acceptors (Lipinski definition) is 7. The van der Waals surface area contributed by atoms with Crippen molar-refractivity contribution < 1.29 is 23.6 Å². The van der Waals surface area contributed by atoms with Crippen LogP contribution < -0.4 is 21.0 Å². The van der Waals surface area contributed by atoms with Crippen molar-refractivity contribution in [2.45, 2.75) is 85.5 Å². The molecule has 4 rings (SSSR count). The molecule has 0 spiro atoms. The van der Waals surface area contributed by atoms with E-state index in [1.807, 2.05) is 66.5 Å². The van der Waals surface area contributed by atoms with Crippen LogP contribution in [-0.2, 0) is 18.8 Å². The van der Waals surface area contributed by atoms with E-state index in [0.717, 1.165) is 41.9 Å². The van der Waals surface area contributed by atoms with E-state index < -0.39 is 18.3 Å². The molecule has 1 amide bonds. The van der Waals surface area contributed by atoms with Crippen LogP contribution in [0.3, 0.4) is 0 Å². The fraction of sp³-hybridized carbons (Fsp3) is 0.567. The number of allylic oxidation sites excluding steroid dienone is 3. The molecule has 0 aliphatic carbocycles. The third-order valence-electron chi connectivity index (χ3n) is 8.60. The van der Waals surface area contributed by atoms with Gasteiger partial charge >= 0.3 is 7.12 Å². The number of halogens is 1. The quantitative estimate of drug-likeness (QED) is 0.375. The molecule has 3 aliphatic rings. The summed E-state index contributed by atoms with van der Waals surface area (Å²) in [6.07, 6.45) is 3.74. The first-order valence-electron chi connectivity index (χ1n) is 14.0. The van der Waals surface area contributed by atoms with Gasteiger partial charge in [-0.15, -0.1) is 0 Å². The number of ether oxygens (including phenoxy) is 1. The van der Waals surface area contributed by atoms with E-state index in [0.29, 0.717) is 40.5 Å². The molecule has 0 saturated carbocycles. The Morgan fingerprint density at radius 2 is 1.80 bits per heavy atom. The second-order valence-electron chi connectivity index (χ2n) is 11.8.